The molecule has 0 saturated carbocycles. The lowest BCUT2D eigenvalue weighted by molar-refractivity contribution is 0.0634. The van der Waals surface area contributed by atoms with Gasteiger partial charge in [-0.05, 0) is 75.4 Å². The molecule has 0 aromatic heterocycles. The maximum atomic E-state index is 12.9. The Morgan fingerprint density at radius 2 is 1.77 bits per heavy atom. The molecule has 2 aromatic rings. The van der Waals surface area contributed by atoms with Crippen LogP contribution in [0.1, 0.15) is 61.0 Å². The summed E-state index contributed by atoms with van der Waals surface area (Å²) in [5, 5.41) is 11.6. The second kappa shape index (κ2) is 9.00. The van der Waals surface area contributed by atoms with Gasteiger partial charge in [-0.15, -0.1) is 0 Å². The molecule has 6 heteroatoms. The van der Waals surface area contributed by atoms with Gasteiger partial charge in [-0.1, -0.05) is 18.2 Å². The van der Waals surface area contributed by atoms with Crippen LogP contribution in [0.2, 0.25) is 0 Å². The Morgan fingerprint density at radius 1 is 1.10 bits per heavy atom. The third-order valence-corrected chi connectivity index (χ3v) is 5.05. The fourth-order valence-electron chi connectivity index (χ4n) is 3.58. The molecule has 1 fully saturated rings. The highest BCUT2D eigenvalue weighted by Crippen LogP contribution is 2.29. The number of ether oxygens (including phenoxy) is 1. The average molecular weight is 405 g/mol. The van der Waals surface area contributed by atoms with Crippen LogP contribution >= 0.6 is 0 Å². The summed E-state index contributed by atoms with van der Waals surface area (Å²) in [6, 6.07) is 16.8. The highest BCUT2D eigenvalue weighted by atomic mass is 16.6. The van der Waals surface area contributed by atoms with Crippen molar-refractivity contribution in [3.05, 3.63) is 65.2 Å². The minimum atomic E-state index is -0.587. The summed E-state index contributed by atoms with van der Waals surface area (Å²) in [5.41, 5.74) is 2.36. The summed E-state index contributed by atoms with van der Waals surface area (Å²) in [4.78, 5) is 26.8. The molecule has 1 saturated heterocycles. The molecule has 0 aliphatic carbocycles. The first-order valence-electron chi connectivity index (χ1n) is 10.1. The van der Waals surface area contributed by atoms with Crippen LogP contribution in [0.4, 0.5) is 10.5 Å². The van der Waals surface area contributed by atoms with Gasteiger partial charge in [-0.2, -0.15) is 5.26 Å². The first-order valence-corrected chi connectivity index (χ1v) is 10.1. The quantitative estimate of drug-likeness (QED) is 0.785. The standard InChI is InChI=1S/C24H27N3O3/c1-24(2,3)30-23(29)26-21-6-4-5-20(15-21)22(28)27-13-11-19(12-14-27)18-9-7-17(16-25)8-10-18/h4-10,15,19H,11-14H2,1-3H3,(H,26,29). The molecule has 1 aliphatic rings. The monoisotopic (exact) mass is 405 g/mol. The normalized spacial score (nSPS) is 14.7. The van der Waals surface area contributed by atoms with Gasteiger partial charge in [0, 0.05) is 24.3 Å². The van der Waals surface area contributed by atoms with Crippen LogP contribution in [0.25, 0.3) is 0 Å². The van der Waals surface area contributed by atoms with Crippen LogP contribution < -0.4 is 5.32 Å². The Labute approximate surface area is 177 Å². The van der Waals surface area contributed by atoms with Crippen LogP contribution in [0, 0.1) is 11.3 Å². The minimum Gasteiger partial charge on any atom is -0.444 e. The third-order valence-electron chi connectivity index (χ3n) is 5.05. The second-order valence-electron chi connectivity index (χ2n) is 8.51. The fourth-order valence-corrected chi connectivity index (χ4v) is 3.58. The van der Waals surface area contributed by atoms with Gasteiger partial charge in [0.1, 0.15) is 5.60 Å². The summed E-state index contributed by atoms with van der Waals surface area (Å²) < 4.78 is 5.26. The Morgan fingerprint density at radius 3 is 2.37 bits per heavy atom. The SMILES string of the molecule is CC(C)(C)OC(=O)Nc1cccc(C(=O)N2CCC(c3ccc(C#N)cc3)CC2)c1. The summed E-state index contributed by atoms with van der Waals surface area (Å²) in [6.45, 7) is 6.75. The first-order chi connectivity index (χ1) is 14.2. The third kappa shape index (κ3) is 5.60. The number of rotatable bonds is 3. The number of likely N-dealkylation sites (tertiary alicyclic amines) is 1. The van der Waals surface area contributed by atoms with Crippen molar-refractivity contribution < 1.29 is 14.3 Å². The predicted octanol–water partition coefficient (Wildman–Crippen LogP) is 4.93. The maximum absolute atomic E-state index is 12.9. The zero-order chi connectivity index (χ0) is 21.7. The summed E-state index contributed by atoms with van der Waals surface area (Å²) >= 11 is 0. The van der Waals surface area contributed by atoms with Crippen LogP contribution in [0.3, 0.4) is 0 Å². The number of carbonyl (C=O) groups is 2. The average Bonchev–Trinajstić information content (AvgIpc) is 2.72. The lowest BCUT2D eigenvalue weighted by Crippen LogP contribution is -2.38. The Bertz CT molecular complexity index is 947. The number of nitriles is 1. The van der Waals surface area contributed by atoms with Crippen molar-refractivity contribution in [2.75, 3.05) is 18.4 Å². The Kier molecular flexibility index (Phi) is 6.41. The maximum Gasteiger partial charge on any atom is 0.412 e. The van der Waals surface area contributed by atoms with Gasteiger partial charge in [0.2, 0.25) is 0 Å². The van der Waals surface area contributed by atoms with E-state index >= 15 is 0 Å². The van der Waals surface area contributed by atoms with E-state index in [-0.39, 0.29) is 5.91 Å². The molecule has 0 radical (unpaired) electrons. The number of benzene rings is 2. The van der Waals surface area contributed by atoms with Crippen molar-refractivity contribution in [3.63, 3.8) is 0 Å². The fraction of sp³-hybridized carbons (Fsp3) is 0.375. The van der Waals surface area contributed by atoms with Crippen molar-refractivity contribution in [2.24, 2.45) is 0 Å². The van der Waals surface area contributed by atoms with Gasteiger partial charge >= 0.3 is 6.09 Å². The lowest BCUT2D eigenvalue weighted by Gasteiger charge is -2.32. The van der Waals surface area contributed by atoms with Crippen molar-refractivity contribution in [1.82, 2.24) is 4.90 Å². The second-order valence-corrected chi connectivity index (χ2v) is 8.51. The highest BCUT2D eigenvalue weighted by Gasteiger charge is 2.25. The molecule has 0 spiro atoms. The predicted molar refractivity (Wildman–Crippen MR) is 115 cm³/mol. The van der Waals surface area contributed by atoms with Gasteiger partial charge in [0.05, 0.1) is 11.6 Å². The van der Waals surface area contributed by atoms with Crippen LogP contribution in [-0.2, 0) is 4.74 Å². The number of amides is 2. The van der Waals surface area contributed by atoms with Crippen molar-refractivity contribution >= 4 is 17.7 Å². The topological polar surface area (TPSA) is 82.4 Å². The number of piperidine rings is 1. The molecule has 2 amide bonds. The molecule has 2 aromatic carbocycles. The molecular formula is C24H27N3O3. The molecule has 1 heterocycles. The summed E-state index contributed by atoms with van der Waals surface area (Å²) in [6.07, 6.45) is 1.22. The number of hydrogen-bond donors (Lipinski definition) is 1. The zero-order valence-electron chi connectivity index (χ0n) is 17.6. The highest BCUT2D eigenvalue weighted by molar-refractivity contribution is 5.96. The van der Waals surface area contributed by atoms with Gasteiger partial charge in [0.25, 0.3) is 5.91 Å². The number of nitrogens with one attached hydrogen (secondary N) is 1. The van der Waals surface area contributed by atoms with E-state index in [0.29, 0.717) is 35.8 Å². The molecule has 156 valence electrons. The number of carbonyl (C=O) groups excluding carboxylic acids is 2. The summed E-state index contributed by atoms with van der Waals surface area (Å²) in [5.74, 6) is 0.350. The minimum absolute atomic E-state index is 0.0406. The van der Waals surface area contributed by atoms with Gasteiger partial charge in [0.15, 0.2) is 0 Å². The van der Waals surface area contributed by atoms with E-state index in [1.165, 1.54) is 5.56 Å². The molecule has 30 heavy (non-hydrogen) atoms. The van der Waals surface area contributed by atoms with E-state index in [1.807, 2.05) is 29.2 Å². The first kappa shape index (κ1) is 21.4. The summed E-state index contributed by atoms with van der Waals surface area (Å²) in [7, 11) is 0. The van der Waals surface area contributed by atoms with Crippen molar-refractivity contribution in [1.29, 1.82) is 5.26 Å². The molecule has 0 bridgehead atoms. The Balaban J connectivity index is 1.59. The molecule has 0 atom stereocenters. The zero-order valence-corrected chi connectivity index (χ0v) is 17.6. The lowest BCUT2D eigenvalue weighted by atomic mass is 9.89. The molecule has 3 rings (SSSR count). The number of hydrogen-bond acceptors (Lipinski definition) is 4. The van der Waals surface area contributed by atoms with Crippen molar-refractivity contribution in [2.45, 2.75) is 45.1 Å². The van der Waals surface area contributed by atoms with E-state index in [0.717, 1.165) is 12.8 Å². The Hall–Kier alpha value is -3.33. The van der Waals surface area contributed by atoms with E-state index in [4.69, 9.17) is 10.00 Å². The van der Waals surface area contributed by atoms with E-state index < -0.39 is 11.7 Å². The molecule has 0 unspecified atom stereocenters. The molecular weight excluding hydrogens is 378 g/mol. The van der Waals surface area contributed by atoms with E-state index in [2.05, 4.69) is 11.4 Å². The molecule has 1 aliphatic heterocycles. The van der Waals surface area contributed by atoms with E-state index in [1.54, 1.807) is 45.0 Å². The van der Waals surface area contributed by atoms with Crippen LogP contribution in [-0.4, -0.2) is 35.6 Å². The van der Waals surface area contributed by atoms with Crippen LogP contribution in [0.15, 0.2) is 48.5 Å². The molecule has 1 N–H and O–H groups in total. The van der Waals surface area contributed by atoms with Gasteiger partial charge in [-0.25, -0.2) is 4.79 Å². The molecule has 6 nitrogen and oxygen atoms in total. The largest absolute Gasteiger partial charge is 0.444 e. The van der Waals surface area contributed by atoms with E-state index in [9.17, 15) is 9.59 Å². The smallest absolute Gasteiger partial charge is 0.412 e. The van der Waals surface area contributed by atoms with Crippen molar-refractivity contribution in [3.8, 4) is 6.07 Å². The van der Waals surface area contributed by atoms with Gasteiger partial charge in [-0.3, -0.25) is 10.1 Å². The number of anilines is 1. The number of nitrogens with zero attached hydrogens (tertiary/aromatic N) is 2. The van der Waals surface area contributed by atoms with Gasteiger partial charge < -0.3 is 9.64 Å². The van der Waals surface area contributed by atoms with Crippen LogP contribution in [0.5, 0.6) is 0 Å².